The molecule has 1 aromatic heterocycles. The van der Waals surface area contributed by atoms with Crippen LogP contribution in [0.5, 0.6) is 0 Å². The summed E-state index contributed by atoms with van der Waals surface area (Å²) < 4.78 is 40.4. The van der Waals surface area contributed by atoms with Crippen molar-refractivity contribution in [1.29, 1.82) is 0 Å². The second-order valence-corrected chi connectivity index (χ2v) is 8.60. The third-order valence-electron chi connectivity index (χ3n) is 5.58. The Bertz CT molecular complexity index is 1330. The quantitative estimate of drug-likeness (QED) is 0.346. The lowest BCUT2D eigenvalue weighted by Crippen LogP contribution is -2.28. The van der Waals surface area contributed by atoms with Gasteiger partial charge >= 0.3 is 6.18 Å². The number of nitrogens with zero attached hydrogens (tertiary/aromatic N) is 3. The Labute approximate surface area is 200 Å². The highest BCUT2D eigenvalue weighted by molar-refractivity contribution is 6.04. The number of amides is 1. The van der Waals surface area contributed by atoms with Crippen molar-refractivity contribution in [2.75, 3.05) is 10.6 Å². The van der Waals surface area contributed by atoms with Gasteiger partial charge in [-0.05, 0) is 62.2 Å². The maximum atomic E-state index is 13.0. The molecule has 0 atom stereocenters. The molecule has 4 aromatic rings. The van der Waals surface area contributed by atoms with Crippen molar-refractivity contribution in [1.82, 2.24) is 14.8 Å². The van der Waals surface area contributed by atoms with E-state index in [1.54, 1.807) is 12.1 Å². The average Bonchev–Trinajstić information content (AvgIpc) is 3.20. The second-order valence-electron chi connectivity index (χ2n) is 8.60. The lowest BCUT2D eigenvalue weighted by Gasteiger charge is -2.26. The zero-order valence-corrected chi connectivity index (χ0v) is 19.4. The van der Waals surface area contributed by atoms with E-state index >= 15 is 0 Å². The van der Waals surface area contributed by atoms with E-state index in [1.807, 2.05) is 63.2 Å². The largest absolute Gasteiger partial charge is 0.416 e. The van der Waals surface area contributed by atoms with Crippen LogP contribution in [0.1, 0.15) is 40.9 Å². The maximum absolute atomic E-state index is 13.0. The van der Waals surface area contributed by atoms with Gasteiger partial charge in [-0.15, -0.1) is 5.10 Å². The first-order valence-corrected chi connectivity index (χ1v) is 10.9. The molecule has 3 aromatic carbocycles. The number of carbonyl (C=O) groups excluding carboxylic acids is 1. The topological polar surface area (TPSA) is 71.8 Å². The Balaban J connectivity index is 1.71. The molecule has 0 aliphatic rings. The Kier molecular flexibility index (Phi) is 6.34. The molecule has 0 spiro atoms. The minimum Gasteiger partial charge on any atom is -0.344 e. The molecule has 0 fully saturated rings. The molecule has 35 heavy (non-hydrogen) atoms. The number of nitrogens with one attached hydrogen (secondary N) is 2. The Morgan fingerprint density at radius 1 is 0.857 bits per heavy atom. The summed E-state index contributed by atoms with van der Waals surface area (Å²) in [6, 6.07) is 21.2. The number of benzene rings is 3. The third kappa shape index (κ3) is 5.34. The third-order valence-corrected chi connectivity index (χ3v) is 5.58. The summed E-state index contributed by atoms with van der Waals surface area (Å²) in [7, 11) is 0. The van der Waals surface area contributed by atoms with Gasteiger partial charge in [0.1, 0.15) is 0 Å². The molecule has 6 nitrogen and oxygen atoms in total. The Morgan fingerprint density at radius 3 is 2.11 bits per heavy atom. The highest BCUT2D eigenvalue weighted by atomic mass is 19.4. The summed E-state index contributed by atoms with van der Waals surface area (Å²) >= 11 is 0. The number of alkyl halides is 3. The number of hydrogen-bond acceptors (Lipinski definition) is 4. The van der Waals surface area contributed by atoms with Gasteiger partial charge in [-0.25, -0.2) is 0 Å². The fourth-order valence-electron chi connectivity index (χ4n) is 3.62. The maximum Gasteiger partial charge on any atom is 0.416 e. The predicted octanol–water partition coefficient (Wildman–Crippen LogP) is 6.19. The molecule has 0 saturated carbocycles. The van der Waals surface area contributed by atoms with Crippen LogP contribution < -0.4 is 10.6 Å². The van der Waals surface area contributed by atoms with Gasteiger partial charge in [0.05, 0.1) is 16.8 Å². The van der Waals surface area contributed by atoms with Crippen LogP contribution in [0.4, 0.5) is 25.1 Å². The van der Waals surface area contributed by atoms with E-state index < -0.39 is 23.2 Å². The second kappa shape index (κ2) is 9.25. The smallest absolute Gasteiger partial charge is 0.344 e. The zero-order valence-electron chi connectivity index (χ0n) is 19.4. The highest BCUT2D eigenvalue weighted by Gasteiger charge is 2.30. The van der Waals surface area contributed by atoms with Crippen LogP contribution in [0.25, 0.3) is 5.69 Å². The van der Waals surface area contributed by atoms with Crippen molar-refractivity contribution in [2.24, 2.45) is 0 Å². The van der Waals surface area contributed by atoms with Gasteiger partial charge in [0, 0.05) is 5.56 Å². The van der Waals surface area contributed by atoms with Crippen molar-refractivity contribution < 1.29 is 18.0 Å². The predicted molar refractivity (Wildman–Crippen MR) is 129 cm³/mol. The first kappa shape index (κ1) is 24.0. The standard InChI is InChI=1S/C26H24F3N5O/c1-17-9-7-8-12-21(17)22(35)30-24-31-23(32-25(2,3)18-10-5-4-6-11-18)33-34(24)20-15-13-19(14-16-20)26(27,28)29/h4-16H,1-3H3,(H2,30,31,32,33,35). The van der Waals surface area contributed by atoms with E-state index in [9.17, 15) is 18.0 Å². The summed E-state index contributed by atoms with van der Waals surface area (Å²) in [5, 5.41) is 10.4. The van der Waals surface area contributed by atoms with E-state index in [0.29, 0.717) is 11.3 Å². The molecular weight excluding hydrogens is 455 g/mol. The molecule has 4 rings (SSSR count). The number of halogens is 3. The van der Waals surface area contributed by atoms with Crippen LogP contribution in [-0.4, -0.2) is 20.7 Å². The lowest BCUT2D eigenvalue weighted by molar-refractivity contribution is -0.137. The Hall–Kier alpha value is -4.14. The van der Waals surface area contributed by atoms with E-state index in [0.717, 1.165) is 23.3 Å². The number of carbonyl (C=O) groups is 1. The van der Waals surface area contributed by atoms with Gasteiger partial charge in [0.2, 0.25) is 11.9 Å². The molecule has 0 unspecified atom stereocenters. The van der Waals surface area contributed by atoms with Crippen LogP contribution in [0.3, 0.4) is 0 Å². The van der Waals surface area contributed by atoms with Crippen LogP contribution >= 0.6 is 0 Å². The summed E-state index contributed by atoms with van der Waals surface area (Å²) in [6.07, 6.45) is -4.46. The number of rotatable bonds is 6. The summed E-state index contributed by atoms with van der Waals surface area (Å²) in [6.45, 7) is 5.71. The van der Waals surface area contributed by atoms with E-state index in [4.69, 9.17) is 0 Å². The lowest BCUT2D eigenvalue weighted by atomic mass is 9.95. The van der Waals surface area contributed by atoms with Crippen molar-refractivity contribution >= 4 is 17.8 Å². The summed E-state index contributed by atoms with van der Waals surface area (Å²) in [5.74, 6) is -0.124. The summed E-state index contributed by atoms with van der Waals surface area (Å²) in [4.78, 5) is 17.4. The van der Waals surface area contributed by atoms with Crippen molar-refractivity contribution in [3.63, 3.8) is 0 Å². The fraction of sp³-hybridized carbons (Fsp3) is 0.192. The molecule has 9 heteroatoms. The van der Waals surface area contributed by atoms with Gasteiger partial charge in [0.15, 0.2) is 0 Å². The normalized spacial score (nSPS) is 11.8. The number of aryl methyl sites for hydroxylation is 1. The number of aromatic nitrogens is 3. The number of anilines is 2. The van der Waals surface area contributed by atoms with Crippen molar-refractivity contribution in [3.05, 3.63) is 101 Å². The fourth-order valence-corrected chi connectivity index (χ4v) is 3.62. The van der Waals surface area contributed by atoms with Crippen LogP contribution in [0.2, 0.25) is 0 Å². The first-order valence-electron chi connectivity index (χ1n) is 10.9. The molecule has 0 radical (unpaired) electrons. The molecule has 0 aliphatic carbocycles. The van der Waals surface area contributed by atoms with Gasteiger partial charge < -0.3 is 5.32 Å². The van der Waals surface area contributed by atoms with E-state index in [2.05, 4.69) is 20.7 Å². The molecule has 0 saturated heterocycles. The van der Waals surface area contributed by atoms with Crippen LogP contribution in [0, 0.1) is 6.92 Å². The molecule has 1 amide bonds. The molecule has 1 heterocycles. The molecule has 0 aliphatic heterocycles. The SMILES string of the molecule is Cc1ccccc1C(=O)Nc1nc(NC(C)(C)c2ccccc2)nn1-c1ccc(C(F)(F)F)cc1. The minimum atomic E-state index is -4.46. The van der Waals surface area contributed by atoms with Gasteiger partial charge in [-0.2, -0.15) is 22.8 Å². The first-order chi connectivity index (χ1) is 16.5. The zero-order chi connectivity index (χ0) is 25.2. The molecule has 0 bridgehead atoms. The van der Waals surface area contributed by atoms with Crippen molar-refractivity contribution in [3.8, 4) is 5.69 Å². The summed E-state index contributed by atoms with van der Waals surface area (Å²) in [5.41, 5.74) is 1.18. The van der Waals surface area contributed by atoms with E-state index in [1.165, 1.54) is 16.8 Å². The Morgan fingerprint density at radius 2 is 1.49 bits per heavy atom. The molecule has 2 N–H and O–H groups in total. The number of hydrogen-bond donors (Lipinski definition) is 2. The molecular formula is C26H24F3N5O. The van der Waals surface area contributed by atoms with Crippen molar-refractivity contribution in [2.45, 2.75) is 32.5 Å². The average molecular weight is 480 g/mol. The van der Waals surface area contributed by atoms with E-state index in [-0.39, 0.29) is 11.9 Å². The van der Waals surface area contributed by atoms with Crippen LogP contribution in [0.15, 0.2) is 78.9 Å². The minimum absolute atomic E-state index is 0.0735. The monoisotopic (exact) mass is 479 g/mol. The van der Waals surface area contributed by atoms with Gasteiger partial charge in [-0.3, -0.25) is 10.1 Å². The van der Waals surface area contributed by atoms with Crippen LogP contribution in [-0.2, 0) is 11.7 Å². The highest BCUT2D eigenvalue weighted by Crippen LogP contribution is 2.31. The van der Waals surface area contributed by atoms with Gasteiger partial charge in [0.25, 0.3) is 5.91 Å². The van der Waals surface area contributed by atoms with Gasteiger partial charge in [-0.1, -0.05) is 48.5 Å². The molecule has 180 valence electrons.